The Morgan fingerprint density at radius 1 is 1.08 bits per heavy atom. The predicted molar refractivity (Wildman–Crippen MR) is 97.8 cm³/mol. The van der Waals surface area contributed by atoms with Crippen molar-refractivity contribution in [3.63, 3.8) is 0 Å². The molecule has 2 aromatic rings. The number of carbonyl (C=O) groups excluding carboxylic acids is 1. The SMILES string of the molecule is O=C1CO[C@]2(COCCN(Cc3ccncc3)C2)CN1c1ccccc1. The van der Waals surface area contributed by atoms with Gasteiger partial charge in [-0.15, -0.1) is 0 Å². The van der Waals surface area contributed by atoms with E-state index < -0.39 is 5.60 Å². The van der Waals surface area contributed by atoms with Crippen LogP contribution < -0.4 is 4.90 Å². The second-order valence-corrected chi connectivity index (χ2v) is 6.91. The second-order valence-electron chi connectivity index (χ2n) is 6.91. The number of pyridine rings is 1. The van der Waals surface area contributed by atoms with E-state index in [9.17, 15) is 4.79 Å². The minimum atomic E-state index is -0.507. The Labute approximate surface area is 153 Å². The maximum absolute atomic E-state index is 12.4. The number of amides is 1. The van der Waals surface area contributed by atoms with Gasteiger partial charge in [0.25, 0.3) is 5.91 Å². The molecule has 4 rings (SSSR count). The van der Waals surface area contributed by atoms with Gasteiger partial charge in [-0.2, -0.15) is 0 Å². The van der Waals surface area contributed by atoms with Crippen molar-refractivity contribution < 1.29 is 14.3 Å². The number of para-hydroxylation sites is 1. The molecule has 1 aromatic heterocycles. The minimum Gasteiger partial charge on any atom is -0.377 e. The number of anilines is 1. The van der Waals surface area contributed by atoms with E-state index in [1.165, 1.54) is 5.56 Å². The summed E-state index contributed by atoms with van der Waals surface area (Å²) < 4.78 is 11.9. The highest BCUT2D eigenvalue weighted by Gasteiger charge is 2.43. The fraction of sp³-hybridized carbons (Fsp3) is 0.400. The molecule has 136 valence electrons. The van der Waals surface area contributed by atoms with Crippen LogP contribution in [0.4, 0.5) is 5.69 Å². The first-order valence-corrected chi connectivity index (χ1v) is 8.93. The zero-order valence-corrected chi connectivity index (χ0v) is 14.7. The molecule has 0 saturated carbocycles. The van der Waals surface area contributed by atoms with Crippen molar-refractivity contribution in [3.05, 3.63) is 60.4 Å². The first-order valence-electron chi connectivity index (χ1n) is 8.93. The van der Waals surface area contributed by atoms with Gasteiger partial charge in [0.05, 0.1) is 19.8 Å². The quantitative estimate of drug-likeness (QED) is 0.841. The maximum Gasteiger partial charge on any atom is 0.253 e. The van der Waals surface area contributed by atoms with E-state index in [-0.39, 0.29) is 12.5 Å². The van der Waals surface area contributed by atoms with E-state index in [0.717, 1.165) is 25.3 Å². The van der Waals surface area contributed by atoms with Crippen molar-refractivity contribution in [2.24, 2.45) is 0 Å². The molecule has 0 radical (unpaired) electrons. The van der Waals surface area contributed by atoms with Crippen LogP contribution in [0.2, 0.25) is 0 Å². The van der Waals surface area contributed by atoms with E-state index in [4.69, 9.17) is 9.47 Å². The third-order valence-electron chi connectivity index (χ3n) is 4.90. The lowest BCUT2D eigenvalue weighted by Crippen LogP contribution is -2.60. The lowest BCUT2D eigenvalue weighted by Gasteiger charge is -2.43. The fourth-order valence-corrected chi connectivity index (χ4v) is 3.61. The molecular weight excluding hydrogens is 330 g/mol. The van der Waals surface area contributed by atoms with Crippen LogP contribution in [0.25, 0.3) is 0 Å². The van der Waals surface area contributed by atoms with Crippen molar-refractivity contribution in [2.45, 2.75) is 12.1 Å². The van der Waals surface area contributed by atoms with Crippen LogP contribution >= 0.6 is 0 Å². The number of rotatable bonds is 3. The number of benzene rings is 1. The van der Waals surface area contributed by atoms with Gasteiger partial charge in [0.1, 0.15) is 12.2 Å². The van der Waals surface area contributed by atoms with Gasteiger partial charge >= 0.3 is 0 Å². The zero-order chi connectivity index (χ0) is 17.8. The Morgan fingerprint density at radius 2 is 1.88 bits per heavy atom. The van der Waals surface area contributed by atoms with E-state index in [2.05, 4.69) is 9.88 Å². The highest BCUT2D eigenvalue weighted by Crippen LogP contribution is 2.27. The molecule has 2 aliphatic heterocycles. The molecule has 3 heterocycles. The van der Waals surface area contributed by atoms with Crippen molar-refractivity contribution in [2.75, 3.05) is 44.4 Å². The average molecular weight is 353 g/mol. The Hall–Kier alpha value is -2.28. The Bertz CT molecular complexity index is 740. The van der Waals surface area contributed by atoms with Crippen molar-refractivity contribution >= 4 is 11.6 Å². The third kappa shape index (κ3) is 3.77. The number of hydrogen-bond acceptors (Lipinski definition) is 5. The molecule has 1 atom stereocenters. The predicted octanol–water partition coefficient (Wildman–Crippen LogP) is 1.72. The summed E-state index contributed by atoms with van der Waals surface area (Å²) in [5, 5.41) is 0. The number of ether oxygens (including phenoxy) is 2. The van der Waals surface area contributed by atoms with Gasteiger partial charge in [0.2, 0.25) is 0 Å². The molecule has 1 aromatic carbocycles. The molecule has 1 spiro atoms. The van der Waals surface area contributed by atoms with Crippen molar-refractivity contribution in [1.82, 2.24) is 9.88 Å². The van der Waals surface area contributed by atoms with Crippen LogP contribution in [0.5, 0.6) is 0 Å². The summed E-state index contributed by atoms with van der Waals surface area (Å²) in [6.45, 7) is 4.13. The summed E-state index contributed by atoms with van der Waals surface area (Å²) in [6, 6.07) is 13.8. The fourth-order valence-electron chi connectivity index (χ4n) is 3.61. The third-order valence-corrected chi connectivity index (χ3v) is 4.90. The largest absolute Gasteiger partial charge is 0.377 e. The molecule has 6 nitrogen and oxygen atoms in total. The Morgan fingerprint density at radius 3 is 2.69 bits per heavy atom. The summed E-state index contributed by atoms with van der Waals surface area (Å²) in [5.74, 6) is -0.00763. The normalized spacial score (nSPS) is 24.6. The van der Waals surface area contributed by atoms with Gasteiger partial charge in [0, 0.05) is 37.7 Å². The highest BCUT2D eigenvalue weighted by molar-refractivity contribution is 5.95. The summed E-state index contributed by atoms with van der Waals surface area (Å²) >= 11 is 0. The van der Waals surface area contributed by atoms with Gasteiger partial charge in [-0.1, -0.05) is 18.2 Å². The van der Waals surface area contributed by atoms with E-state index in [1.807, 2.05) is 59.8 Å². The number of nitrogens with zero attached hydrogens (tertiary/aromatic N) is 3. The van der Waals surface area contributed by atoms with Gasteiger partial charge in [-0.3, -0.25) is 14.7 Å². The smallest absolute Gasteiger partial charge is 0.253 e. The summed E-state index contributed by atoms with van der Waals surface area (Å²) in [5.41, 5.74) is 1.61. The Balaban J connectivity index is 1.53. The number of carbonyl (C=O) groups is 1. The highest BCUT2D eigenvalue weighted by atomic mass is 16.6. The van der Waals surface area contributed by atoms with Crippen LogP contribution in [0.15, 0.2) is 54.9 Å². The summed E-state index contributed by atoms with van der Waals surface area (Å²) in [6.07, 6.45) is 3.62. The van der Waals surface area contributed by atoms with E-state index in [1.54, 1.807) is 0 Å². The molecule has 2 aliphatic rings. The first kappa shape index (κ1) is 17.1. The number of aromatic nitrogens is 1. The Kier molecular flexibility index (Phi) is 4.97. The average Bonchev–Trinajstić information content (AvgIpc) is 2.88. The second kappa shape index (κ2) is 7.53. The molecule has 2 fully saturated rings. The molecule has 0 unspecified atom stereocenters. The lowest BCUT2D eigenvalue weighted by molar-refractivity contribution is -0.146. The van der Waals surface area contributed by atoms with E-state index >= 15 is 0 Å². The van der Waals surface area contributed by atoms with Crippen molar-refractivity contribution in [1.29, 1.82) is 0 Å². The van der Waals surface area contributed by atoms with Gasteiger partial charge < -0.3 is 14.4 Å². The van der Waals surface area contributed by atoms with Gasteiger partial charge in [-0.25, -0.2) is 0 Å². The topological polar surface area (TPSA) is 54.9 Å². The molecule has 0 N–H and O–H groups in total. The van der Waals surface area contributed by atoms with Crippen LogP contribution in [-0.2, 0) is 20.8 Å². The van der Waals surface area contributed by atoms with Crippen LogP contribution in [-0.4, -0.2) is 60.8 Å². The maximum atomic E-state index is 12.4. The van der Waals surface area contributed by atoms with Crippen LogP contribution in [0.1, 0.15) is 5.56 Å². The minimum absolute atomic E-state index is 0.00763. The molecule has 2 saturated heterocycles. The van der Waals surface area contributed by atoms with Gasteiger partial charge in [-0.05, 0) is 29.8 Å². The van der Waals surface area contributed by atoms with E-state index in [0.29, 0.717) is 19.8 Å². The molecular formula is C20H23N3O3. The van der Waals surface area contributed by atoms with Crippen molar-refractivity contribution in [3.8, 4) is 0 Å². The first-order chi connectivity index (χ1) is 12.7. The standard InChI is InChI=1S/C20H23N3O3/c24-19-13-26-20(15-23(19)18-4-2-1-3-5-18)14-22(10-11-25-16-20)12-17-6-8-21-9-7-17/h1-9H,10-16H2/t20-/m0/s1. The van der Waals surface area contributed by atoms with Gasteiger partial charge in [0.15, 0.2) is 0 Å². The molecule has 0 bridgehead atoms. The van der Waals surface area contributed by atoms with Crippen LogP contribution in [0, 0.1) is 0 Å². The monoisotopic (exact) mass is 353 g/mol. The number of hydrogen-bond donors (Lipinski definition) is 0. The zero-order valence-electron chi connectivity index (χ0n) is 14.7. The molecule has 0 aliphatic carbocycles. The number of morpholine rings is 1. The van der Waals surface area contributed by atoms with Crippen LogP contribution in [0.3, 0.4) is 0 Å². The molecule has 26 heavy (non-hydrogen) atoms. The summed E-state index contributed by atoms with van der Waals surface area (Å²) in [4.78, 5) is 20.7. The molecule has 1 amide bonds. The molecule has 6 heteroatoms. The summed E-state index contributed by atoms with van der Waals surface area (Å²) in [7, 11) is 0. The lowest BCUT2D eigenvalue weighted by atomic mass is 10.0.